The Labute approximate surface area is 109 Å². The van der Waals surface area contributed by atoms with Crippen molar-refractivity contribution in [3.8, 4) is 11.1 Å². The molecule has 0 aromatic heterocycles. The maximum Gasteiger partial charge on any atom is 0.249 e. The van der Waals surface area contributed by atoms with Gasteiger partial charge in [0.2, 0.25) is 5.91 Å². The molecule has 0 heterocycles. The molecule has 0 saturated heterocycles. The number of benzene rings is 2. The highest BCUT2D eigenvalue weighted by Gasteiger charge is 2.08. The Hall–Kier alpha value is -1.61. The lowest BCUT2D eigenvalue weighted by Crippen LogP contribution is -2.12. The van der Waals surface area contributed by atoms with E-state index in [2.05, 4.69) is 15.9 Å². The zero-order valence-electron chi connectivity index (χ0n) is 9.19. The van der Waals surface area contributed by atoms with Crippen molar-refractivity contribution in [1.29, 1.82) is 0 Å². The van der Waals surface area contributed by atoms with Crippen LogP contribution < -0.4 is 5.73 Å². The molecule has 0 fully saturated rings. The van der Waals surface area contributed by atoms with Gasteiger partial charge in [0.1, 0.15) is 0 Å². The topological polar surface area (TPSA) is 43.1 Å². The lowest BCUT2D eigenvalue weighted by molar-refractivity contribution is 0.100. The number of alkyl halides is 1. The number of amides is 1. The lowest BCUT2D eigenvalue weighted by Gasteiger charge is -2.07. The molecule has 0 radical (unpaired) electrons. The Morgan fingerprint density at radius 2 is 1.71 bits per heavy atom. The smallest absolute Gasteiger partial charge is 0.249 e. The molecule has 0 spiro atoms. The predicted octanol–water partition coefficient (Wildman–Crippen LogP) is 3.35. The summed E-state index contributed by atoms with van der Waals surface area (Å²) in [6.07, 6.45) is 0. The first-order valence-corrected chi connectivity index (χ1v) is 6.38. The minimum Gasteiger partial charge on any atom is -0.366 e. The van der Waals surface area contributed by atoms with Crippen LogP contribution >= 0.6 is 15.9 Å². The highest BCUT2D eigenvalue weighted by atomic mass is 79.9. The van der Waals surface area contributed by atoms with Crippen molar-refractivity contribution in [1.82, 2.24) is 0 Å². The maximum absolute atomic E-state index is 11.3. The second-order valence-corrected chi connectivity index (χ2v) is 4.30. The van der Waals surface area contributed by atoms with Gasteiger partial charge in [0.15, 0.2) is 0 Å². The summed E-state index contributed by atoms with van der Waals surface area (Å²) in [5, 5.41) is 0.824. The minimum atomic E-state index is -0.398. The fraction of sp³-hybridized carbons (Fsp3) is 0.0714. The van der Waals surface area contributed by atoms with E-state index in [0.29, 0.717) is 5.56 Å². The third-order valence-corrected chi connectivity index (χ3v) is 3.26. The van der Waals surface area contributed by atoms with E-state index in [9.17, 15) is 4.79 Å². The summed E-state index contributed by atoms with van der Waals surface area (Å²) in [5.41, 5.74) is 9.00. The summed E-state index contributed by atoms with van der Waals surface area (Å²) in [5.74, 6) is -0.398. The van der Waals surface area contributed by atoms with Crippen molar-refractivity contribution in [2.45, 2.75) is 5.33 Å². The van der Waals surface area contributed by atoms with E-state index in [1.165, 1.54) is 5.56 Å². The zero-order chi connectivity index (χ0) is 12.3. The Balaban J connectivity index is 2.48. The van der Waals surface area contributed by atoms with Gasteiger partial charge in [0, 0.05) is 10.9 Å². The van der Waals surface area contributed by atoms with E-state index in [0.717, 1.165) is 16.5 Å². The fourth-order valence-electron chi connectivity index (χ4n) is 1.72. The van der Waals surface area contributed by atoms with Crippen LogP contribution in [0.4, 0.5) is 0 Å². The van der Waals surface area contributed by atoms with Gasteiger partial charge in [-0.3, -0.25) is 4.79 Å². The average Bonchev–Trinajstić information content (AvgIpc) is 2.39. The number of carbonyl (C=O) groups excluding carboxylic acids is 1. The molecule has 17 heavy (non-hydrogen) atoms. The summed E-state index contributed by atoms with van der Waals surface area (Å²) >= 11 is 3.40. The number of halogens is 1. The molecule has 1 amide bonds. The number of carbonyl (C=O) groups is 1. The van der Waals surface area contributed by atoms with Crippen LogP contribution in [0.15, 0.2) is 48.5 Å². The molecule has 0 saturated carbocycles. The molecule has 0 aliphatic heterocycles. The van der Waals surface area contributed by atoms with Gasteiger partial charge in [0.25, 0.3) is 0 Å². The largest absolute Gasteiger partial charge is 0.366 e. The predicted molar refractivity (Wildman–Crippen MR) is 73.0 cm³/mol. The summed E-state index contributed by atoms with van der Waals surface area (Å²) in [4.78, 5) is 11.3. The Kier molecular flexibility index (Phi) is 3.59. The van der Waals surface area contributed by atoms with Crippen molar-refractivity contribution >= 4 is 21.8 Å². The summed E-state index contributed by atoms with van der Waals surface area (Å²) in [6.45, 7) is 0. The van der Waals surface area contributed by atoms with E-state index in [4.69, 9.17) is 5.73 Å². The van der Waals surface area contributed by atoms with E-state index < -0.39 is 5.91 Å². The van der Waals surface area contributed by atoms with Crippen LogP contribution in [-0.2, 0) is 5.33 Å². The van der Waals surface area contributed by atoms with E-state index in [1.54, 1.807) is 6.07 Å². The number of primary amides is 1. The molecule has 0 unspecified atom stereocenters. The number of rotatable bonds is 3. The molecule has 0 aliphatic carbocycles. The second kappa shape index (κ2) is 5.15. The summed E-state index contributed by atoms with van der Waals surface area (Å²) in [6, 6.07) is 15.4. The van der Waals surface area contributed by atoms with E-state index >= 15 is 0 Å². The van der Waals surface area contributed by atoms with Gasteiger partial charge in [-0.05, 0) is 22.8 Å². The van der Waals surface area contributed by atoms with Gasteiger partial charge in [-0.1, -0.05) is 58.4 Å². The van der Waals surface area contributed by atoms with Crippen LogP contribution in [0.25, 0.3) is 11.1 Å². The van der Waals surface area contributed by atoms with Gasteiger partial charge < -0.3 is 5.73 Å². The second-order valence-electron chi connectivity index (χ2n) is 3.74. The SMILES string of the molecule is NC(=O)c1ccccc1-c1ccc(CBr)cc1. The highest BCUT2D eigenvalue weighted by Crippen LogP contribution is 2.24. The van der Waals surface area contributed by atoms with Gasteiger partial charge in [-0.2, -0.15) is 0 Å². The van der Waals surface area contributed by atoms with Crippen molar-refractivity contribution in [2.75, 3.05) is 0 Å². The monoisotopic (exact) mass is 289 g/mol. The summed E-state index contributed by atoms with van der Waals surface area (Å²) < 4.78 is 0. The zero-order valence-corrected chi connectivity index (χ0v) is 10.8. The van der Waals surface area contributed by atoms with E-state index in [-0.39, 0.29) is 0 Å². The van der Waals surface area contributed by atoms with Crippen LogP contribution in [0.3, 0.4) is 0 Å². The fourth-order valence-corrected chi connectivity index (χ4v) is 2.10. The van der Waals surface area contributed by atoms with Crippen molar-refractivity contribution in [3.63, 3.8) is 0 Å². The molecule has 2 rings (SSSR count). The van der Waals surface area contributed by atoms with Crippen LogP contribution in [0, 0.1) is 0 Å². The maximum atomic E-state index is 11.3. The van der Waals surface area contributed by atoms with Gasteiger partial charge >= 0.3 is 0 Å². The van der Waals surface area contributed by atoms with Crippen LogP contribution in [-0.4, -0.2) is 5.91 Å². The third-order valence-electron chi connectivity index (χ3n) is 2.61. The summed E-state index contributed by atoms with van der Waals surface area (Å²) in [7, 11) is 0. The van der Waals surface area contributed by atoms with Crippen molar-refractivity contribution < 1.29 is 4.79 Å². The quantitative estimate of drug-likeness (QED) is 0.865. The minimum absolute atomic E-state index is 0.398. The number of nitrogens with two attached hydrogens (primary N) is 1. The average molecular weight is 290 g/mol. The molecule has 3 heteroatoms. The molecule has 2 nitrogen and oxygen atoms in total. The standard InChI is InChI=1S/C14H12BrNO/c15-9-10-5-7-11(8-6-10)12-3-1-2-4-13(12)14(16)17/h1-8H,9H2,(H2,16,17). The van der Waals surface area contributed by atoms with Crippen molar-refractivity contribution in [2.24, 2.45) is 5.73 Å². The molecule has 2 aromatic rings. The van der Waals surface area contributed by atoms with E-state index in [1.807, 2.05) is 42.5 Å². The molecular formula is C14H12BrNO. The first kappa shape index (κ1) is 11.9. The van der Waals surface area contributed by atoms with Gasteiger partial charge in [-0.25, -0.2) is 0 Å². The molecule has 2 aromatic carbocycles. The highest BCUT2D eigenvalue weighted by molar-refractivity contribution is 9.08. The van der Waals surface area contributed by atoms with Crippen LogP contribution in [0.2, 0.25) is 0 Å². The van der Waals surface area contributed by atoms with Crippen LogP contribution in [0.5, 0.6) is 0 Å². The molecular weight excluding hydrogens is 278 g/mol. The van der Waals surface area contributed by atoms with Crippen molar-refractivity contribution in [3.05, 3.63) is 59.7 Å². The normalized spacial score (nSPS) is 10.2. The Morgan fingerprint density at radius 3 is 2.29 bits per heavy atom. The lowest BCUT2D eigenvalue weighted by atomic mass is 9.98. The van der Waals surface area contributed by atoms with Gasteiger partial charge in [0.05, 0.1) is 0 Å². The number of hydrogen-bond acceptors (Lipinski definition) is 1. The van der Waals surface area contributed by atoms with Crippen LogP contribution in [0.1, 0.15) is 15.9 Å². The molecule has 86 valence electrons. The third kappa shape index (κ3) is 2.56. The Morgan fingerprint density at radius 1 is 1.06 bits per heavy atom. The molecule has 0 bridgehead atoms. The van der Waals surface area contributed by atoms with Gasteiger partial charge in [-0.15, -0.1) is 0 Å². The molecule has 0 atom stereocenters. The Bertz CT molecular complexity index is 534. The molecule has 0 aliphatic rings. The first-order valence-electron chi connectivity index (χ1n) is 5.26. The molecule has 2 N–H and O–H groups in total. The number of hydrogen-bond donors (Lipinski definition) is 1. The first-order chi connectivity index (χ1) is 8.22.